The second kappa shape index (κ2) is 9.46. The monoisotopic (exact) mass is 240 g/mol. The highest BCUT2D eigenvalue weighted by Gasteiger charge is 2.14. The highest BCUT2D eigenvalue weighted by Crippen LogP contribution is 2.08. The maximum atomic E-state index is 11.6. The van der Waals surface area contributed by atoms with E-state index >= 15 is 0 Å². The summed E-state index contributed by atoms with van der Waals surface area (Å²) in [4.78, 5) is 11.6. The molecule has 0 spiro atoms. The predicted octanol–water partition coefficient (Wildman–Crippen LogP) is 2.46. The number of nitrogens with one attached hydrogen (secondary N) is 2. The van der Waals surface area contributed by atoms with Crippen molar-refractivity contribution in [2.75, 3.05) is 19.6 Å². The zero-order chi connectivity index (χ0) is 12.3. The smallest absolute Gasteiger partial charge is 0.220 e. The number of rotatable bonds is 9. The molecule has 0 aromatic heterocycles. The Labute approximate surface area is 106 Å². The van der Waals surface area contributed by atoms with Crippen LogP contribution in [-0.2, 0) is 4.79 Å². The van der Waals surface area contributed by atoms with Gasteiger partial charge in [-0.15, -0.1) is 0 Å². The zero-order valence-electron chi connectivity index (χ0n) is 11.3. The highest BCUT2D eigenvalue weighted by molar-refractivity contribution is 5.75. The lowest BCUT2D eigenvalue weighted by Gasteiger charge is -2.09. The molecule has 17 heavy (non-hydrogen) atoms. The number of hydrogen-bond acceptors (Lipinski definition) is 2. The molecular formula is C14H28N2O. The summed E-state index contributed by atoms with van der Waals surface area (Å²) in [6.07, 6.45) is 9.41. The molecule has 0 saturated carbocycles. The maximum Gasteiger partial charge on any atom is 0.220 e. The van der Waals surface area contributed by atoms with E-state index in [-0.39, 0.29) is 5.91 Å². The minimum Gasteiger partial charge on any atom is -0.356 e. The van der Waals surface area contributed by atoms with E-state index in [1.54, 1.807) is 0 Å². The largest absolute Gasteiger partial charge is 0.356 e. The number of hydrogen-bond donors (Lipinski definition) is 2. The van der Waals surface area contributed by atoms with E-state index in [0.29, 0.717) is 12.3 Å². The number of carbonyl (C=O) groups is 1. The Balaban J connectivity index is 1.87. The van der Waals surface area contributed by atoms with Crippen molar-refractivity contribution in [3.05, 3.63) is 0 Å². The molecule has 0 aromatic rings. The molecule has 0 aromatic carbocycles. The molecule has 0 aliphatic carbocycles. The third kappa shape index (κ3) is 7.37. The number of carbonyl (C=O) groups excluding carboxylic acids is 1. The normalized spacial score (nSPS) is 19.5. The number of amides is 1. The van der Waals surface area contributed by atoms with Gasteiger partial charge >= 0.3 is 0 Å². The molecule has 1 aliphatic heterocycles. The van der Waals surface area contributed by atoms with Crippen molar-refractivity contribution in [2.45, 2.75) is 58.3 Å². The molecule has 3 heteroatoms. The fourth-order valence-electron chi connectivity index (χ4n) is 2.30. The van der Waals surface area contributed by atoms with Gasteiger partial charge in [0.05, 0.1) is 0 Å². The van der Waals surface area contributed by atoms with E-state index < -0.39 is 0 Å². The van der Waals surface area contributed by atoms with Crippen molar-refractivity contribution in [1.82, 2.24) is 10.6 Å². The molecule has 1 saturated heterocycles. The van der Waals surface area contributed by atoms with E-state index in [2.05, 4.69) is 17.6 Å². The van der Waals surface area contributed by atoms with Crippen molar-refractivity contribution in [2.24, 2.45) is 5.92 Å². The molecule has 1 unspecified atom stereocenters. The van der Waals surface area contributed by atoms with Gasteiger partial charge in [-0.1, -0.05) is 39.0 Å². The average Bonchev–Trinajstić information content (AvgIpc) is 2.84. The van der Waals surface area contributed by atoms with Gasteiger partial charge in [0.2, 0.25) is 5.91 Å². The van der Waals surface area contributed by atoms with Gasteiger partial charge in [0.25, 0.3) is 0 Å². The van der Waals surface area contributed by atoms with Crippen molar-refractivity contribution < 1.29 is 4.79 Å². The summed E-state index contributed by atoms with van der Waals surface area (Å²) in [6, 6.07) is 0. The lowest BCUT2D eigenvalue weighted by Crippen LogP contribution is -2.29. The van der Waals surface area contributed by atoms with E-state index in [1.165, 1.54) is 38.5 Å². The lowest BCUT2D eigenvalue weighted by atomic mass is 10.1. The second-order valence-corrected chi connectivity index (χ2v) is 5.18. The van der Waals surface area contributed by atoms with Gasteiger partial charge < -0.3 is 10.6 Å². The summed E-state index contributed by atoms with van der Waals surface area (Å²) in [6.45, 7) is 5.27. The molecule has 0 bridgehead atoms. The Kier molecular flexibility index (Phi) is 8.06. The van der Waals surface area contributed by atoms with E-state index in [4.69, 9.17) is 0 Å². The molecule has 1 aliphatic rings. The molecule has 3 nitrogen and oxygen atoms in total. The van der Waals surface area contributed by atoms with Crippen LogP contribution in [0.3, 0.4) is 0 Å². The number of unbranched alkanes of at least 4 members (excludes halogenated alkanes) is 5. The standard InChI is InChI=1S/C14H28N2O/c1-2-3-4-5-6-7-8-14(17)16-12-13-9-10-15-11-13/h13,15H,2-12H2,1H3,(H,16,17). The van der Waals surface area contributed by atoms with Gasteiger partial charge in [0, 0.05) is 13.0 Å². The maximum absolute atomic E-state index is 11.6. The van der Waals surface area contributed by atoms with Crippen LogP contribution in [0.15, 0.2) is 0 Å². The van der Waals surface area contributed by atoms with Gasteiger partial charge in [-0.05, 0) is 31.8 Å². The van der Waals surface area contributed by atoms with E-state index in [1.807, 2.05) is 0 Å². The van der Waals surface area contributed by atoms with Crippen LogP contribution >= 0.6 is 0 Å². The summed E-state index contributed by atoms with van der Waals surface area (Å²) >= 11 is 0. The summed E-state index contributed by atoms with van der Waals surface area (Å²) in [5, 5.41) is 6.36. The van der Waals surface area contributed by atoms with Crippen LogP contribution in [-0.4, -0.2) is 25.5 Å². The van der Waals surface area contributed by atoms with Gasteiger partial charge in [-0.3, -0.25) is 4.79 Å². The van der Waals surface area contributed by atoms with Crippen molar-refractivity contribution in [3.63, 3.8) is 0 Å². The fourth-order valence-corrected chi connectivity index (χ4v) is 2.30. The molecule has 1 amide bonds. The fraction of sp³-hybridized carbons (Fsp3) is 0.929. The Morgan fingerprint density at radius 2 is 2.00 bits per heavy atom. The molecule has 1 rings (SSSR count). The van der Waals surface area contributed by atoms with E-state index in [9.17, 15) is 4.79 Å². The van der Waals surface area contributed by atoms with Crippen LogP contribution in [0.2, 0.25) is 0 Å². The Morgan fingerprint density at radius 1 is 1.24 bits per heavy atom. The van der Waals surface area contributed by atoms with Gasteiger partial charge in [-0.25, -0.2) is 0 Å². The van der Waals surface area contributed by atoms with Crippen LogP contribution in [0.1, 0.15) is 58.3 Å². The molecule has 0 radical (unpaired) electrons. The Hall–Kier alpha value is -0.570. The van der Waals surface area contributed by atoms with Gasteiger partial charge in [0.15, 0.2) is 0 Å². The van der Waals surface area contributed by atoms with Crippen LogP contribution < -0.4 is 10.6 Å². The minimum absolute atomic E-state index is 0.243. The average molecular weight is 240 g/mol. The van der Waals surface area contributed by atoms with Crippen LogP contribution in [0.5, 0.6) is 0 Å². The van der Waals surface area contributed by atoms with E-state index in [0.717, 1.165) is 26.1 Å². The van der Waals surface area contributed by atoms with Crippen molar-refractivity contribution >= 4 is 5.91 Å². The molecule has 1 fully saturated rings. The lowest BCUT2D eigenvalue weighted by molar-refractivity contribution is -0.121. The first-order chi connectivity index (χ1) is 8.33. The second-order valence-electron chi connectivity index (χ2n) is 5.18. The molecule has 1 heterocycles. The topological polar surface area (TPSA) is 41.1 Å². The Morgan fingerprint density at radius 3 is 2.71 bits per heavy atom. The quantitative estimate of drug-likeness (QED) is 0.608. The molecule has 2 N–H and O–H groups in total. The third-order valence-electron chi connectivity index (χ3n) is 3.51. The van der Waals surface area contributed by atoms with Crippen molar-refractivity contribution in [3.8, 4) is 0 Å². The van der Waals surface area contributed by atoms with Gasteiger partial charge in [-0.2, -0.15) is 0 Å². The van der Waals surface area contributed by atoms with Crippen molar-refractivity contribution in [1.29, 1.82) is 0 Å². The third-order valence-corrected chi connectivity index (χ3v) is 3.51. The predicted molar refractivity (Wildman–Crippen MR) is 72.0 cm³/mol. The molecule has 100 valence electrons. The SMILES string of the molecule is CCCCCCCCC(=O)NCC1CCNC1. The first kappa shape index (κ1) is 14.5. The first-order valence-electron chi connectivity index (χ1n) is 7.30. The van der Waals surface area contributed by atoms with Crippen LogP contribution in [0.25, 0.3) is 0 Å². The Bertz CT molecular complexity index is 200. The van der Waals surface area contributed by atoms with Crippen LogP contribution in [0, 0.1) is 5.92 Å². The molecule has 1 atom stereocenters. The molecular weight excluding hydrogens is 212 g/mol. The highest BCUT2D eigenvalue weighted by atomic mass is 16.1. The zero-order valence-corrected chi connectivity index (χ0v) is 11.3. The summed E-state index contributed by atoms with van der Waals surface area (Å²) < 4.78 is 0. The summed E-state index contributed by atoms with van der Waals surface area (Å²) in [5.74, 6) is 0.899. The first-order valence-corrected chi connectivity index (χ1v) is 7.30. The summed E-state index contributed by atoms with van der Waals surface area (Å²) in [5.41, 5.74) is 0. The van der Waals surface area contributed by atoms with Crippen LogP contribution in [0.4, 0.5) is 0 Å². The summed E-state index contributed by atoms with van der Waals surface area (Å²) in [7, 11) is 0. The minimum atomic E-state index is 0.243. The van der Waals surface area contributed by atoms with Gasteiger partial charge in [0.1, 0.15) is 0 Å².